The van der Waals surface area contributed by atoms with Gasteiger partial charge in [0.05, 0.1) is 12.7 Å². The third-order valence-corrected chi connectivity index (χ3v) is 2.35. The summed E-state index contributed by atoms with van der Waals surface area (Å²) in [6, 6.07) is 7.54. The van der Waals surface area contributed by atoms with Gasteiger partial charge in [-0.15, -0.1) is 0 Å². The molecule has 1 N–H and O–H groups in total. The van der Waals surface area contributed by atoms with E-state index in [1.807, 2.05) is 38.1 Å². The molecule has 0 saturated carbocycles. The van der Waals surface area contributed by atoms with Gasteiger partial charge in [0.2, 0.25) is 0 Å². The number of aliphatic hydroxyl groups is 1. The molecule has 1 aromatic rings. The molecule has 0 heterocycles. The summed E-state index contributed by atoms with van der Waals surface area (Å²) in [7, 11) is 0. The third kappa shape index (κ3) is 4.21. The van der Waals surface area contributed by atoms with E-state index in [1.54, 1.807) is 0 Å². The highest BCUT2D eigenvalue weighted by atomic mass is 16.5. The molecule has 1 aromatic carbocycles. The van der Waals surface area contributed by atoms with Crippen molar-refractivity contribution in [2.75, 3.05) is 19.8 Å². The molecule has 0 aliphatic heterocycles. The van der Waals surface area contributed by atoms with E-state index in [9.17, 15) is 5.11 Å². The molecule has 90 valence electrons. The molecular weight excluding hydrogens is 204 g/mol. The topological polar surface area (TPSA) is 38.7 Å². The standard InChI is InChI=1S/C13H20O3/c1-3-13(14)11-5-7-12(8-6-11)16-10-9-15-4-2/h5-8,13-14H,3-4,9-10H2,1-2H3/t13-/m0/s1. The van der Waals surface area contributed by atoms with Gasteiger partial charge in [-0.3, -0.25) is 0 Å². The normalized spacial score (nSPS) is 12.4. The smallest absolute Gasteiger partial charge is 0.119 e. The van der Waals surface area contributed by atoms with Gasteiger partial charge >= 0.3 is 0 Å². The maximum Gasteiger partial charge on any atom is 0.119 e. The van der Waals surface area contributed by atoms with Crippen molar-refractivity contribution in [2.24, 2.45) is 0 Å². The van der Waals surface area contributed by atoms with Crippen LogP contribution in [-0.4, -0.2) is 24.9 Å². The Hall–Kier alpha value is -1.06. The lowest BCUT2D eigenvalue weighted by atomic mass is 10.1. The first kappa shape index (κ1) is 13.0. The lowest BCUT2D eigenvalue weighted by Crippen LogP contribution is -2.06. The molecule has 0 fully saturated rings. The molecule has 0 saturated heterocycles. The highest BCUT2D eigenvalue weighted by Gasteiger charge is 2.03. The summed E-state index contributed by atoms with van der Waals surface area (Å²) in [6.45, 7) is 5.79. The molecule has 0 amide bonds. The van der Waals surface area contributed by atoms with Gasteiger partial charge in [0.1, 0.15) is 12.4 Å². The number of ether oxygens (including phenoxy) is 2. The number of benzene rings is 1. The molecule has 0 radical (unpaired) electrons. The molecule has 0 bridgehead atoms. The number of rotatable bonds is 7. The second kappa shape index (κ2) is 7.25. The Labute approximate surface area is 97.0 Å². The first-order chi connectivity index (χ1) is 7.77. The molecule has 1 rings (SSSR count). The van der Waals surface area contributed by atoms with E-state index in [-0.39, 0.29) is 6.10 Å². The number of hydrogen-bond acceptors (Lipinski definition) is 3. The van der Waals surface area contributed by atoms with Gasteiger partial charge in [-0.1, -0.05) is 19.1 Å². The SMILES string of the molecule is CCOCCOc1ccc([C@@H](O)CC)cc1. The minimum Gasteiger partial charge on any atom is -0.491 e. The van der Waals surface area contributed by atoms with Crippen molar-refractivity contribution >= 4 is 0 Å². The maximum atomic E-state index is 9.61. The van der Waals surface area contributed by atoms with E-state index in [0.29, 0.717) is 19.8 Å². The molecule has 0 aliphatic carbocycles. The van der Waals surface area contributed by atoms with Crippen LogP contribution in [0.1, 0.15) is 31.9 Å². The van der Waals surface area contributed by atoms with Crippen molar-refractivity contribution in [3.63, 3.8) is 0 Å². The predicted octanol–water partition coefficient (Wildman–Crippen LogP) is 2.55. The van der Waals surface area contributed by atoms with E-state index in [2.05, 4.69) is 0 Å². The van der Waals surface area contributed by atoms with Crippen LogP contribution in [0.5, 0.6) is 5.75 Å². The van der Waals surface area contributed by atoms with E-state index in [1.165, 1.54) is 0 Å². The first-order valence-electron chi connectivity index (χ1n) is 5.76. The second-order valence-electron chi connectivity index (χ2n) is 3.54. The van der Waals surface area contributed by atoms with Crippen molar-refractivity contribution in [1.29, 1.82) is 0 Å². The maximum absolute atomic E-state index is 9.61. The van der Waals surface area contributed by atoms with Crippen LogP contribution in [0.4, 0.5) is 0 Å². The predicted molar refractivity (Wildman–Crippen MR) is 63.7 cm³/mol. The van der Waals surface area contributed by atoms with Gasteiger partial charge in [-0.2, -0.15) is 0 Å². The summed E-state index contributed by atoms with van der Waals surface area (Å²) in [5.41, 5.74) is 0.930. The molecule has 0 spiro atoms. The van der Waals surface area contributed by atoms with Crippen LogP contribution in [0.15, 0.2) is 24.3 Å². The second-order valence-corrected chi connectivity index (χ2v) is 3.54. The van der Waals surface area contributed by atoms with Crippen molar-refractivity contribution in [2.45, 2.75) is 26.4 Å². The Bertz CT molecular complexity index is 282. The van der Waals surface area contributed by atoms with Crippen molar-refractivity contribution < 1.29 is 14.6 Å². The Morgan fingerprint density at radius 2 is 1.81 bits per heavy atom. The third-order valence-electron chi connectivity index (χ3n) is 2.35. The molecule has 16 heavy (non-hydrogen) atoms. The Kier molecular flexibility index (Phi) is 5.90. The van der Waals surface area contributed by atoms with Gasteiger partial charge in [-0.25, -0.2) is 0 Å². The zero-order valence-electron chi connectivity index (χ0n) is 9.98. The largest absolute Gasteiger partial charge is 0.491 e. The van der Waals surface area contributed by atoms with E-state index < -0.39 is 0 Å². The van der Waals surface area contributed by atoms with Crippen LogP contribution in [0.2, 0.25) is 0 Å². The molecule has 3 nitrogen and oxygen atoms in total. The molecule has 0 unspecified atom stereocenters. The summed E-state index contributed by atoms with van der Waals surface area (Å²) in [5.74, 6) is 0.812. The van der Waals surface area contributed by atoms with Gasteiger partial charge in [0, 0.05) is 6.61 Å². The number of aliphatic hydroxyl groups excluding tert-OH is 1. The van der Waals surface area contributed by atoms with Gasteiger partial charge < -0.3 is 14.6 Å². The highest BCUT2D eigenvalue weighted by molar-refractivity contribution is 5.28. The molecule has 1 atom stereocenters. The van der Waals surface area contributed by atoms with E-state index in [0.717, 1.165) is 17.7 Å². The van der Waals surface area contributed by atoms with Crippen LogP contribution in [0, 0.1) is 0 Å². The van der Waals surface area contributed by atoms with Crippen LogP contribution in [-0.2, 0) is 4.74 Å². The van der Waals surface area contributed by atoms with Crippen molar-refractivity contribution in [3.05, 3.63) is 29.8 Å². The Balaban J connectivity index is 2.39. The Morgan fingerprint density at radius 1 is 1.12 bits per heavy atom. The molecule has 0 aliphatic rings. The summed E-state index contributed by atoms with van der Waals surface area (Å²) in [5, 5.41) is 9.61. The van der Waals surface area contributed by atoms with Crippen LogP contribution in [0.25, 0.3) is 0 Å². The first-order valence-corrected chi connectivity index (χ1v) is 5.76. The average molecular weight is 224 g/mol. The zero-order valence-corrected chi connectivity index (χ0v) is 9.98. The quantitative estimate of drug-likeness (QED) is 0.723. The van der Waals surface area contributed by atoms with Crippen molar-refractivity contribution in [3.8, 4) is 5.75 Å². The molecule has 0 aromatic heterocycles. The fraction of sp³-hybridized carbons (Fsp3) is 0.538. The summed E-state index contributed by atoms with van der Waals surface area (Å²) in [6.07, 6.45) is 0.349. The molecular formula is C13H20O3. The minimum atomic E-state index is -0.377. The van der Waals surface area contributed by atoms with E-state index >= 15 is 0 Å². The summed E-state index contributed by atoms with van der Waals surface area (Å²) < 4.78 is 10.6. The lowest BCUT2D eigenvalue weighted by molar-refractivity contribution is 0.110. The van der Waals surface area contributed by atoms with Gasteiger partial charge in [-0.05, 0) is 31.0 Å². The van der Waals surface area contributed by atoms with Gasteiger partial charge in [0.25, 0.3) is 0 Å². The lowest BCUT2D eigenvalue weighted by Gasteiger charge is -2.10. The van der Waals surface area contributed by atoms with E-state index in [4.69, 9.17) is 9.47 Å². The monoisotopic (exact) mass is 224 g/mol. The number of hydrogen-bond donors (Lipinski definition) is 1. The van der Waals surface area contributed by atoms with Crippen LogP contribution >= 0.6 is 0 Å². The van der Waals surface area contributed by atoms with Gasteiger partial charge in [0.15, 0.2) is 0 Å². The Morgan fingerprint density at radius 3 is 2.38 bits per heavy atom. The van der Waals surface area contributed by atoms with Crippen LogP contribution in [0.3, 0.4) is 0 Å². The van der Waals surface area contributed by atoms with Crippen molar-refractivity contribution in [1.82, 2.24) is 0 Å². The fourth-order valence-corrected chi connectivity index (χ4v) is 1.38. The fourth-order valence-electron chi connectivity index (χ4n) is 1.38. The average Bonchev–Trinajstić information content (AvgIpc) is 2.34. The van der Waals surface area contributed by atoms with Crippen LogP contribution < -0.4 is 4.74 Å². The minimum absolute atomic E-state index is 0.377. The summed E-state index contributed by atoms with van der Waals surface area (Å²) >= 11 is 0. The highest BCUT2D eigenvalue weighted by Crippen LogP contribution is 2.19. The molecule has 3 heteroatoms. The summed E-state index contributed by atoms with van der Waals surface area (Å²) in [4.78, 5) is 0. The zero-order chi connectivity index (χ0) is 11.8.